The standard InChI is InChI=1S/C15H21N/c1-15(2,3)12-6-7-13-8-10-14(11-9-13)16(4)5/h7-12H,1-5H3. The van der Waals surface area contributed by atoms with Gasteiger partial charge >= 0.3 is 0 Å². The largest absolute Gasteiger partial charge is 0.378 e. The van der Waals surface area contributed by atoms with Crippen LogP contribution in [0.25, 0.3) is 6.08 Å². The molecule has 0 aliphatic heterocycles. The quantitative estimate of drug-likeness (QED) is 0.675. The molecule has 16 heavy (non-hydrogen) atoms. The highest BCUT2D eigenvalue weighted by Gasteiger charge is 2.02. The molecule has 0 amide bonds. The summed E-state index contributed by atoms with van der Waals surface area (Å²) in [7, 11) is 4.09. The average Bonchev–Trinajstić information content (AvgIpc) is 2.16. The fourth-order valence-electron chi connectivity index (χ4n) is 1.26. The van der Waals surface area contributed by atoms with Crippen LogP contribution in [-0.2, 0) is 0 Å². The molecule has 1 heteroatoms. The van der Waals surface area contributed by atoms with Crippen LogP contribution in [0.5, 0.6) is 0 Å². The van der Waals surface area contributed by atoms with Gasteiger partial charge in [-0.25, -0.2) is 0 Å². The van der Waals surface area contributed by atoms with Crippen molar-refractivity contribution in [3.63, 3.8) is 0 Å². The summed E-state index contributed by atoms with van der Waals surface area (Å²) in [6.45, 7) is 6.51. The maximum absolute atomic E-state index is 3.23. The molecule has 0 aromatic heterocycles. The lowest BCUT2D eigenvalue weighted by molar-refractivity contribution is 0.545. The van der Waals surface area contributed by atoms with Crippen molar-refractivity contribution in [2.24, 2.45) is 5.41 Å². The molecule has 1 rings (SSSR count). The number of hydrogen-bond acceptors (Lipinski definition) is 1. The Labute approximate surface area is 99.1 Å². The minimum atomic E-state index is 0.195. The molecule has 0 saturated heterocycles. The van der Waals surface area contributed by atoms with Crippen LogP contribution in [0.3, 0.4) is 0 Å². The summed E-state index contributed by atoms with van der Waals surface area (Å²) in [6, 6.07) is 8.45. The van der Waals surface area contributed by atoms with Crippen molar-refractivity contribution >= 4 is 11.8 Å². The van der Waals surface area contributed by atoms with Gasteiger partial charge in [0.25, 0.3) is 0 Å². The zero-order valence-corrected chi connectivity index (χ0v) is 10.9. The second kappa shape index (κ2) is 5.05. The van der Waals surface area contributed by atoms with E-state index in [1.165, 1.54) is 11.3 Å². The Morgan fingerprint density at radius 2 is 1.62 bits per heavy atom. The van der Waals surface area contributed by atoms with Gasteiger partial charge in [0, 0.05) is 19.8 Å². The van der Waals surface area contributed by atoms with Gasteiger partial charge in [-0.15, -0.1) is 5.73 Å². The second-order valence-corrected chi connectivity index (χ2v) is 5.31. The van der Waals surface area contributed by atoms with E-state index in [4.69, 9.17) is 0 Å². The smallest absolute Gasteiger partial charge is 0.0361 e. The molecule has 86 valence electrons. The van der Waals surface area contributed by atoms with Crippen LogP contribution in [0, 0.1) is 5.41 Å². The highest BCUT2D eigenvalue weighted by molar-refractivity contribution is 5.55. The lowest BCUT2D eigenvalue weighted by Gasteiger charge is -2.11. The summed E-state index contributed by atoms with van der Waals surface area (Å²) in [4.78, 5) is 2.10. The van der Waals surface area contributed by atoms with Crippen LogP contribution in [0.2, 0.25) is 0 Å². The van der Waals surface area contributed by atoms with E-state index in [1.807, 2.05) is 20.2 Å². The van der Waals surface area contributed by atoms with E-state index < -0.39 is 0 Å². The molecule has 0 bridgehead atoms. The van der Waals surface area contributed by atoms with E-state index >= 15 is 0 Å². The Morgan fingerprint density at radius 1 is 1.06 bits per heavy atom. The summed E-state index contributed by atoms with van der Waals surface area (Å²) in [5, 5.41) is 0. The minimum Gasteiger partial charge on any atom is -0.378 e. The van der Waals surface area contributed by atoms with Crippen molar-refractivity contribution in [1.82, 2.24) is 0 Å². The first-order valence-electron chi connectivity index (χ1n) is 5.59. The molecule has 0 saturated carbocycles. The molecule has 1 aromatic carbocycles. The van der Waals surface area contributed by atoms with E-state index in [9.17, 15) is 0 Å². The summed E-state index contributed by atoms with van der Waals surface area (Å²) in [6.07, 6.45) is 4.11. The van der Waals surface area contributed by atoms with Gasteiger partial charge in [0.05, 0.1) is 0 Å². The Hall–Kier alpha value is -1.46. The van der Waals surface area contributed by atoms with Crippen molar-refractivity contribution in [3.8, 4) is 0 Å². The van der Waals surface area contributed by atoms with Crippen LogP contribution in [0.1, 0.15) is 26.3 Å². The van der Waals surface area contributed by atoms with Gasteiger partial charge in [-0.2, -0.15) is 0 Å². The number of allylic oxidation sites excluding steroid dienone is 1. The lowest BCUT2D eigenvalue weighted by Crippen LogP contribution is -2.07. The number of nitrogens with zero attached hydrogens (tertiary/aromatic N) is 1. The maximum Gasteiger partial charge on any atom is 0.0361 e. The Balaban J connectivity index is 2.80. The summed E-state index contributed by atoms with van der Waals surface area (Å²) in [5.74, 6) is 0. The van der Waals surface area contributed by atoms with Gasteiger partial charge in [0.1, 0.15) is 0 Å². The molecule has 1 aromatic rings. The van der Waals surface area contributed by atoms with Crippen molar-refractivity contribution in [2.75, 3.05) is 19.0 Å². The summed E-state index contributed by atoms with van der Waals surface area (Å²) < 4.78 is 0. The molecule has 0 heterocycles. The Kier molecular flexibility index (Phi) is 3.98. The van der Waals surface area contributed by atoms with Crippen molar-refractivity contribution in [2.45, 2.75) is 20.8 Å². The number of benzene rings is 1. The topological polar surface area (TPSA) is 3.24 Å². The third-order valence-corrected chi connectivity index (χ3v) is 2.18. The molecule has 0 atom stereocenters. The zero-order valence-electron chi connectivity index (χ0n) is 10.9. The number of anilines is 1. The molecule has 0 N–H and O–H groups in total. The predicted octanol–water partition coefficient (Wildman–Crippen LogP) is 3.97. The monoisotopic (exact) mass is 215 g/mol. The highest BCUT2D eigenvalue weighted by atomic mass is 15.1. The molecule has 0 fully saturated rings. The summed E-state index contributed by atoms with van der Waals surface area (Å²) in [5.41, 5.74) is 5.83. The van der Waals surface area contributed by atoms with E-state index in [2.05, 4.69) is 61.7 Å². The fourth-order valence-corrected chi connectivity index (χ4v) is 1.26. The minimum absolute atomic E-state index is 0.195. The highest BCUT2D eigenvalue weighted by Crippen LogP contribution is 2.15. The fraction of sp³-hybridized carbons (Fsp3) is 0.400. The molecule has 0 radical (unpaired) electrons. The number of rotatable bonds is 2. The second-order valence-electron chi connectivity index (χ2n) is 5.31. The van der Waals surface area contributed by atoms with Gasteiger partial charge in [0.15, 0.2) is 0 Å². The number of hydrogen-bond donors (Lipinski definition) is 0. The van der Waals surface area contributed by atoms with Crippen molar-refractivity contribution in [3.05, 3.63) is 41.6 Å². The SMILES string of the molecule is CN(C)c1ccc(C=C=CC(C)(C)C)cc1. The molecule has 0 aliphatic rings. The maximum atomic E-state index is 3.23. The van der Waals surface area contributed by atoms with Crippen LogP contribution >= 0.6 is 0 Å². The van der Waals surface area contributed by atoms with Gasteiger partial charge in [0.2, 0.25) is 0 Å². The predicted molar refractivity (Wildman–Crippen MR) is 72.8 cm³/mol. The third kappa shape index (κ3) is 4.37. The molecule has 0 unspecified atom stereocenters. The van der Waals surface area contributed by atoms with Crippen molar-refractivity contribution < 1.29 is 0 Å². The summed E-state index contributed by atoms with van der Waals surface area (Å²) >= 11 is 0. The first kappa shape index (κ1) is 12.6. The van der Waals surface area contributed by atoms with Gasteiger partial charge in [-0.3, -0.25) is 0 Å². The Bertz CT molecular complexity index is 384. The van der Waals surface area contributed by atoms with Crippen LogP contribution < -0.4 is 4.90 Å². The normalized spacial score (nSPS) is 10.6. The molecular formula is C15H21N. The molecule has 0 aliphatic carbocycles. The van der Waals surface area contributed by atoms with Crippen LogP contribution in [0.4, 0.5) is 5.69 Å². The van der Waals surface area contributed by atoms with Crippen molar-refractivity contribution in [1.29, 1.82) is 0 Å². The van der Waals surface area contributed by atoms with Gasteiger partial charge in [-0.1, -0.05) is 32.9 Å². The molecule has 1 nitrogen and oxygen atoms in total. The average molecular weight is 215 g/mol. The van der Waals surface area contributed by atoms with Gasteiger partial charge in [-0.05, 0) is 35.3 Å². The van der Waals surface area contributed by atoms with Crippen LogP contribution in [-0.4, -0.2) is 14.1 Å². The van der Waals surface area contributed by atoms with Crippen LogP contribution in [0.15, 0.2) is 36.1 Å². The first-order chi connectivity index (χ1) is 7.38. The molecule has 0 spiro atoms. The Morgan fingerprint density at radius 3 is 2.06 bits per heavy atom. The first-order valence-corrected chi connectivity index (χ1v) is 5.59. The van der Waals surface area contributed by atoms with E-state index in [0.717, 1.165) is 0 Å². The molecular weight excluding hydrogens is 194 g/mol. The van der Waals surface area contributed by atoms with E-state index in [0.29, 0.717) is 0 Å². The zero-order chi connectivity index (χ0) is 12.2. The lowest BCUT2D eigenvalue weighted by atomic mass is 9.97. The van der Waals surface area contributed by atoms with E-state index in [1.54, 1.807) is 0 Å². The van der Waals surface area contributed by atoms with E-state index in [-0.39, 0.29) is 5.41 Å². The third-order valence-electron chi connectivity index (χ3n) is 2.18. The van der Waals surface area contributed by atoms with Gasteiger partial charge < -0.3 is 4.90 Å².